The second-order valence-electron chi connectivity index (χ2n) is 12.4. The molecule has 1 aromatic heterocycles. The number of nitrogens with one attached hydrogen (secondary N) is 6. The molecule has 0 bridgehead atoms. The average molecular weight is 644 g/mol. The summed E-state index contributed by atoms with van der Waals surface area (Å²) in [5.74, 6) is -0.194. The smallest absolute Gasteiger partial charge is 0.272 e. The average Bonchev–Trinajstić information content (AvgIpc) is 3.28. The van der Waals surface area contributed by atoms with Gasteiger partial charge in [-0.3, -0.25) is 14.3 Å². The number of carbonyl (C=O) groups is 2. The largest absolute Gasteiger partial charge is 0.492 e. The Bertz CT molecular complexity index is 1590. The fourth-order valence-corrected chi connectivity index (χ4v) is 5.48. The van der Waals surface area contributed by atoms with Gasteiger partial charge in [0.15, 0.2) is 5.75 Å². The molecule has 12 nitrogen and oxygen atoms in total. The van der Waals surface area contributed by atoms with Crippen LogP contribution in [0.25, 0.3) is 10.9 Å². The Labute approximate surface area is 267 Å². The molecule has 2 aromatic carbocycles. The predicted octanol–water partition coefficient (Wildman–Crippen LogP) is 2.90. The number of para-hydroxylation sites is 1. The molecule has 0 unspecified atom stereocenters. The maximum absolute atomic E-state index is 13.7. The summed E-state index contributed by atoms with van der Waals surface area (Å²) in [7, 11) is -0.333. The highest BCUT2D eigenvalue weighted by atomic mass is 32.2. The quantitative estimate of drug-likeness (QED) is 0.130. The normalized spacial score (nSPS) is 12.0. The second kappa shape index (κ2) is 15.6. The minimum absolute atomic E-state index is 0.0505. The van der Waals surface area contributed by atoms with Crippen molar-refractivity contribution in [1.29, 1.82) is 0 Å². The molecule has 0 radical (unpaired) electrons. The number of anilines is 2. The Hall–Kier alpha value is -3.65. The summed E-state index contributed by atoms with van der Waals surface area (Å²) >= 11 is 0. The van der Waals surface area contributed by atoms with Crippen molar-refractivity contribution in [3.8, 4) is 5.75 Å². The number of rotatable bonds is 16. The molecule has 1 heterocycles. The Balaban J connectivity index is 1.70. The number of aromatic nitrogens is 1. The van der Waals surface area contributed by atoms with Crippen LogP contribution in [0.5, 0.6) is 5.75 Å². The summed E-state index contributed by atoms with van der Waals surface area (Å²) in [6, 6.07) is 11.7. The molecule has 3 rings (SSSR count). The lowest BCUT2D eigenvalue weighted by Gasteiger charge is -2.24. The van der Waals surface area contributed by atoms with E-state index in [0.29, 0.717) is 37.1 Å². The molecule has 13 heteroatoms. The molecular formula is C32H49N7O5S. The van der Waals surface area contributed by atoms with E-state index in [-0.39, 0.29) is 35.2 Å². The number of ether oxygens (including phenoxy) is 1. The van der Waals surface area contributed by atoms with Gasteiger partial charge in [0.05, 0.1) is 36.8 Å². The van der Waals surface area contributed by atoms with Crippen LogP contribution in [0, 0.1) is 0 Å². The van der Waals surface area contributed by atoms with E-state index in [1.54, 1.807) is 12.1 Å². The first kappa shape index (κ1) is 35.8. The van der Waals surface area contributed by atoms with Gasteiger partial charge < -0.3 is 35.9 Å². The van der Waals surface area contributed by atoms with Crippen LogP contribution in [0.4, 0.5) is 11.4 Å². The molecule has 0 fully saturated rings. The molecule has 45 heavy (non-hydrogen) atoms. The Kier molecular flexibility index (Phi) is 12.4. The van der Waals surface area contributed by atoms with Gasteiger partial charge >= 0.3 is 0 Å². The van der Waals surface area contributed by atoms with Crippen molar-refractivity contribution < 1.29 is 22.7 Å². The van der Waals surface area contributed by atoms with Gasteiger partial charge in [-0.05, 0) is 34.7 Å². The molecule has 3 aromatic rings. The minimum atomic E-state index is -3.60. The molecule has 248 valence electrons. The topological polar surface area (TPSA) is 155 Å². The number of hydrogen-bond donors (Lipinski definition) is 6. The van der Waals surface area contributed by atoms with Crippen LogP contribution in [0.1, 0.15) is 56.2 Å². The third-order valence-electron chi connectivity index (χ3n) is 7.15. The maximum atomic E-state index is 13.7. The van der Waals surface area contributed by atoms with Gasteiger partial charge in [-0.15, -0.1) is 0 Å². The van der Waals surface area contributed by atoms with Gasteiger partial charge in [-0.1, -0.05) is 52.8 Å². The van der Waals surface area contributed by atoms with E-state index in [2.05, 4.69) is 45.2 Å². The van der Waals surface area contributed by atoms with Crippen LogP contribution in [0.2, 0.25) is 0 Å². The highest BCUT2D eigenvalue weighted by molar-refractivity contribution is 7.92. The number of nitrogens with zero attached hydrogens (tertiary/aromatic N) is 1. The van der Waals surface area contributed by atoms with E-state index in [0.717, 1.165) is 41.4 Å². The fraction of sp³-hybridized carbons (Fsp3) is 0.500. The number of aryl methyl sites for hydroxylation is 1. The molecule has 6 N–H and O–H groups in total. The monoisotopic (exact) mass is 643 g/mol. The van der Waals surface area contributed by atoms with Crippen molar-refractivity contribution >= 4 is 44.1 Å². The van der Waals surface area contributed by atoms with Crippen molar-refractivity contribution in [1.82, 2.24) is 25.8 Å². The van der Waals surface area contributed by atoms with Gasteiger partial charge in [0, 0.05) is 51.2 Å². The van der Waals surface area contributed by atoms with E-state index in [1.165, 1.54) is 7.11 Å². The van der Waals surface area contributed by atoms with Crippen molar-refractivity contribution in [2.45, 2.75) is 52.6 Å². The minimum Gasteiger partial charge on any atom is -0.492 e. The SMILES string of the molecule is COc1c(NC(=O)c2cc3cccc(CNCCNC(=O)CNCCNC(C)C)c3n2C)cc(C(C)(C)C)cc1NS(C)(=O)=O. The van der Waals surface area contributed by atoms with Crippen LogP contribution in [-0.4, -0.2) is 76.9 Å². The number of fused-ring (bicyclic) bond motifs is 1. The molecule has 2 amide bonds. The van der Waals surface area contributed by atoms with Crippen molar-refractivity contribution in [2.24, 2.45) is 7.05 Å². The molecule has 0 aliphatic rings. The van der Waals surface area contributed by atoms with Gasteiger partial charge in [-0.2, -0.15) is 0 Å². The second-order valence-corrected chi connectivity index (χ2v) is 14.2. The summed E-state index contributed by atoms with van der Waals surface area (Å²) in [6.07, 6.45) is 1.07. The Morgan fingerprint density at radius 1 is 0.978 bits per heavy atom. The summed E-state index contributed by atoms with van der Waals surface area (Å²) in [5, 5.41) is 16.6. The zero-order chi connectivity index (χ0) is 33.4. The number of methoxy groups -OCH3 is 1. The van der Waals surface area contributed by atoms with Crippen LogP contribution >= 0.6 is 0 Å². The van der Waals surface area contributed by atoms with E-state index in [1.807, 2.05) is 56.7 Å². The maximum Gasteiger partial charge on any atom is 0.272 e. The lowest BCUT2D eigenvalue weighted by molar-refractivity contribution is -0.120. The molecule has 0 aliphatic carbocycles. The van der Waals surface area contributed by atoms with Crippen LogP contribution < -0.4 is 36.0 Å². The molecular weight excluding hydrogens is 594 g/mol. The first-order valence-corrected chi connectivity index (χ1v) is 17.0. The lowest BCUT2D eigenvalue weighted by atomic mass is 9.86. The van der Waals surface area contributed by atoms with Gasteiger partial charge in [0.2, 0.25) is 15.9 Å². The molecule has 0 atom stereocenters. The van der Waals surface area contributed by atoms with Crippen LogP contribution in [0.15, 0.2) is 36.4 Å². The van der Waals surface area contributed by atoms with Crippen molar-refractivity contribution in [2.75, 3.05) is 56.1 Å². The van der Waals surface area contributed by atoms with Crippen molar-refractivity contribution in [3.05, 3.63) is 53.2 Å². The Morgan fingerprint density at radius 2 is 1.67 bits per heavy atom. The van der Waals surface area contributed by atoms with Crippen LogP contribution in [-0.2, 0) is 33.8 Å². The third kappa shape index (κ3) is 10.5. The van der Waals surface area contributed by atoms with Gasteiger partial charge in [-0.25, -0.2) is 8.42 Å². The number of benzene rings is 2. The van der Waals surface area contributed by atoms with Crippen LogP contribution in [0.3, 0.4) is 0 Å². The molecule has 0 spiro atoms. The standard InChI is InChI=1S/C32H49N7O5S/c1-21(2)35-14-12-34-20-28(40)36-15-13-33-19-23-11-9-10-22-16-27(39(6)29(22)23)31(41)37-25-17-24(32(3,4)5)18-26(30(25)44-7)38-45(8,42)43/h9-11,16-18,21,33-35,38H,12-15,19-20H2,1-8H3,(H,36,40)(H,37,41). The zero-order valence-corrected chi connectivity index (χ0v) is 28.5. The third-order valence-corrected chi connectivity index (χ3v) is 7.75. The fourth-order valence-electron chi connectivity index (χ4n) is 4.93. The zero-order valence-electron chi connectivity index (χ0n) is 27.7. The van der Waals surface area contributed by atoms with Crippen molar-refractivity contribution in [3.63, 3.8) is 0 Å². The number of amides is 2. The number of hydrogen-bond acceptors (Lipinski definition) is 8. The van der Waals surface area contributed by atoms with E-state index in [9.17, 15) is 18.0 Å². The van der Waals surface area contributed by atoms with Gasteiger partial charge in [0.1, 0.15) is 5.69 Å². The van der Waals surface area contributed by atoms with E-state index >= 15 is 0 Å². The Morgan fingerprint density at radius 3 is 2.31 bits per heavy atom. The molecule has 0 saturated heterocycles. The van der Waals surface area contributed by atoms with E-state index in [4.69, 9.17) is 4.74 Å². The highest BCUT2D eigenvalue weighted by Crippen LogP contribution is 2.39. The first-order chi connectivity index (χ1) is 21.1. The van der Waals surface area contributed by atoms with E-state index < -0.39 is 10.0 Å². The molecule has 0 aliphatic heterocycles. The van der Waals surface area contributed by atoms with Gasteiger partial charge in [0.25, 0.3) is 5.91 Å². The first-order valence-electron chi connectivity index (χ1n) is 15.1. The highest BCUT2D eigenvalue weighted by Gasteiger charge is 2.23. The summed E-state index contributed by atoms with van der Waals surface area (Å²) in [6.45, 7) is 13.6. The number of sulfonamides is 1. The predicted molar refractivity (Wildman–Crippen MR) is 182 cm³/mol. The summed E-state index contributed by atoms with van der Waals surface area (Å²) < 4.78 is 34.1. The lowest BCUT2D eigenvalue weighted by Crippen LogP contribution is -2.40. The summed E-state index contributed by atoms with van der Waals surface area (Å²) in [5.41, 5.74) is 3.45. The molecule has 0 saturated carbocycles. The number of carbonyl (C=O) groups excluding carboxylic acids is 2. The summed E-state index contributed by atoms with van der Waals surface area (Å²) in [4.78, 5) is 25.7.